The van der Waals surface area contributed by atoms with Gasteiger partial charge in [-0.1, -0.05) is 38.8 Å². The molecule has 2 atom stereocenters. The molecule has 1 aromatic rings. The molecule has 1 fully saturated rings. The van der Waals surface area contributed by atoms with Crippen LogP contribution in [0.2, 0.25) is 0 Å². The van der Waals surface area contributed by atoms with Gasteiger partial charge in [0.25, 0.3) is 0 Å². The number of carbonyl (C=O) groups excluding carboxylic acids is 2. The Balaban J connectivity index is 1.97. The topological polar surface area (TPSA) is 75.4 Å². The van der Waals surface area contributed by atoms with E-state index in [1.54, 1.807) is 11.8 Å². The molecule has 2 rings (SSSR count). The predicted octanol–water partition coefficient (Wildman–Crippen LogP) is 2.04. The van der Waals surface area contributed by atoms with Gasteiger partial charge in [0.05, 0.1) is 6.04 Å². The van der Waals surface area contributed by atoms with Crippen LogP contribution in [-0.4, -0.2) is 35.3 Å². The van der Waals surface area contributed by atoms with Crippen molar-refractivity contribution in [3.05, 3.63) is 35.4 Å². The standard InChI is InChI=1S/C21H29N3O2/c1-5-7-15-9-11-16(12-10-15)14-23-19(25)17-8-6-13-24(17)20(26)18(22)21(2,3)4/h9-12,17-18H,6,8,13-14,22H2,1-4H3,(H,23,25). The van der Waals surface area contributed by atoms with Gasteiger partial charge in [0, 0.05) is 18.7 Å². The van der Waals surface area contributed by atoms with Crippen LogP contribution in [0.1, 0.15) is 51.7 Å². The van der Waals surface area contributed by atoms with Crippen molar-refractivity contribution in [2.24, 2.45) is 11.1 Å². The molecule has 5 heteroatoms. The molecule has 0 aromatic heterocycles. The van der Waals surface area contributed by atoms with Crippen LogP contribution in [0.5, 0.6) is 0 Å². The number of hydrogen-bond acceptors (Lipinski definition) is 3. The molecular formula is C21H29N3O2. The Labute approximate surface area is 156 Å². The van der Waals surface area contributed by atoms with Crippen molar-refractivity contribution in [2.45, 2.75) is 59.2 Å². The van der Waals surface area contributed by atoms with Crippen LogP contribution in [-0.2, 0) is 16.1 Å². The lowest BCUT2D eigenvalue weighted by Gasteiger charge is -2.32. The van der Waals surface area contributed by atoms with E-state index in [1.807, 2.05) is 45.0 Å². The summed E-state index contributed by atoms with van der Waals surface area (Å²) in [4.78, 5) is 26.9. The zero-order valence-corrected chi connectivity index (χ0v) is 16.1. The molecule has 2 unspecified atom stereocenters. The van der Waals surface area contributed by atoms with E-state index >= 15 is 0 Å². The molecule has 0 saturated carbocycles. The van der Waals surface area contributed by atoms with Crippen LogP contribution in [0, 0.1) is 17.3 Å². The van der Waals surface area contributed by atoms with E-state index in [0.717, 1.165) is 17.5 Å². The Bertz CT molecular complexity index is 708. The number of likely N-dealkylation sites (tertiary alicyclic amines) is 1. The first-order valence-corrected chi connectivity index (χ1v) is 9.09. The first-order chi connectivity index (χ1) is 12.2. The average Bonchev–Trinajstić information content (AvgIpc) is 3.09. The summed E-state index contributed by atoms with van der Waals surface area (Å²) in [6.07, 6.45) is 1.50. The summed E-state index contributed by atoms with van der Waals surface area (Å²) in [7, 11) is 0. The van der Waals surface area contributed by atoms with Crippen LogP contribution in [0.15, 0.2) is 24.3 Å². The monoisotopic (exact) mass is 355 g/mol. The number of benzene rings is 1. The second kappa shape index (κ2) is 8.37. The third-order valence-electron chi connectivity index (χ3n) is 4.73. The van der Waals surface area contributed by atoms with Crippen LogP contribution in [0.25, 0.3) is 0 Å². The van der Waals surface area contributed by atoms with Gasteiger partial charge in [0.15, 0.2) is 0 Å². The van der Waals surface area contributed by atoms with Gasteiger partial charge in [-0.15, -0.1) is 5.92 Å². The first kappa shape index (κ1) is 20.0. The van der Waals surface area contributed by atoms with Gasteiger partial charge in [-0.05, 0) is 42.9 Å². The Morgan fingerprint density at radius 3 is 2.54 bits per heavy atom. The number of hydrogen-bond donors (Lipinski definition) is 2. The fraction of sp³-hybridized carbons (Fsp3) is 0.524. The lowest BCUT2D eigenvalue weighted by Crippen LogP contribution is -2.54. The Morgan fingerprint density at radius 2 is 1.96 bits per heavy atom. The minimum absolute atomic E-state index is 0.116. The molecule has 0 aliphatic carbocycles. The summed E-state index contributed by atoms with van der Waals surface area (Å²) in [5, 5.41) is 2.95. The molecule has 3 N–H and O–H groups in total. The summed E-state index contributed by atoms with van der Waals surface area (Å²) in [6.45, 7) is 8.63. The minimum atomic E-state index is -0.608. The second-order valence-electron chi connectivity index (χ2n) is 7.82. The van der Waals surface area contributed by atoms with Gasteiger partial charge < -0.3 is 16.0 Å². The Hall–Kier alpha value is -2.32. The van der Waals surface area contributed by atoms with Crippen molar-refractivity contribution in [2.75, 3.05) is 6.54 Å². The van der Waals surface area contributed by atoms with Gasteiger partial charge in [0.2, 0.25) is 11.8 Å². The fourth-order valence-corrected chi connectivity index (χ4v) is 3.01. The van der Waals surface area contributed by atoms with Gasteiger partial charge in [-0.25, -0.2) is 0 Å². The second-order valence-corrected chi connectivity index (χ2v) is 7.82. The third-order valence-corrected chi connectivity index (χ3v) is 4.73. The highest BCUT2D eigenvalue weighted by Gasteiger charge is 2.39. The fourth-order valence-electron chi connectivity index (χ4n) is 3.01. The largest absolute Gasteiger partial charge is 0.350 e. The number of nitrogens with zero attached hydrogens (tertiary/aromatic N) is 1. The van der Waals surface area contributed by atoms with E-state index < -0.39 is 12.1 Å². The molecule has 140 valence electrons. The van der Waals surface area contributed by atoms with Crippen LogP contribution >= 0.6 is 0 Å². The molecule has 0 bridgehead atoms. The number of amides is 2. The molecular weight excluding hydrogens is 326 g/mol. The van der Waals surface area contributed by atoms with Gasteiger partial charge in [0.1, 0.15) is 6.04 Å². The summed E-state index contributed by atoms with van der Waals surface area (Å²) in [5.41, 5.74) is 7.73. The molecule has 1 heterocycles. The molecule has 0 spiro atoms. The van der Waals surface area contributed by atoms with Crippen molar-refractivity contribution in [3.63, 3.8) is 0 Å². The van der Waals surface area contributed by atoms with E-state index in [4.69, 9.17) is 5.73 Å². The summed E-state index contributed by atoms with van der Waals surface area (Å²) < 4.78 is 0. The van der Waals surface area contributed by atoms with Crippen LogP contribution in [0.4, 0.5) is 0 Å². The molecule has 1 saturated heterocycles. The zero-order valence-electron chi connectivity index (χ0n) is 16.1. The third kappa shape index (κ3) is 4.86. The number of carbonyl (C=O) groups is 2. The highest BCUT2D eigenvalue weighted by Crippen LogP contribution is 2.24. The molecule has 1 aromatic carbocycles. The molecule has 2 amide bonds. The molecule has 1 aliphatic rings. The van der Waals surface area contributed by atoms with E-state index in [0.29, 0.717) is 19.5 Å². The Kier molecular flexibility index (Phi) is 6.44. The van der Waals surface area contributed by atoms with Crippen molar-refractivity contribution >= 4 is 11.8 Å². The SMILES string of the molecule is CC#Cc1ccc(CNC(=O)C2CCCN2C(=O)C(N)C(C)(C)C)cc1. The maximum absolute atomic E-state index is 12.7. The van der Waals surface area contributed by atoms with Crippen LogP contribution < -0.4 is 11.1 Å². The quantitative estimate of drug-likeness (QED) is 0.812. The van der Waals surface area contributed by atoms with Gasteiger partial charge in [-0.3, -0.25) is 9.59 Å². The van der Waals surface area contributed by atoms with Gasteiger partial charge in [-0.2, -0.15) is 0 Å². The van der Waals surface area contributed by atoms with E-state index in [2.05, 4.69) is 17.2 Å². The number of nitrogens with two attached hydrogens (primary N) is 1. The van der Waals surface area contributed by atoms with E-state index in [1.165, 1.54) is 0 Å². The van der Waals surface area contributed by atoms with Crippen molar-refractivity contribution in [1.29, 1.82) is 0 Å². The lowest BCUT2D eigenvalue weighted by atomic mass is 9.86. The highest BCUT2D eigenvalue weighted by atomic mass is 16.2. The summed E-state index contributed by atoms with van der Waals surface area (Å²) in [5.74, 6) is 5.59. The summed E-state index contributed by atoms with van der Waals surface area (Å²) in [6, 6.07) is 6.74. The maximum Gasteiger partial charge on any atom is 0.243 e. The van der Waals surface area contributed by atoms with E-state index in [-0.39, 0.29) is 17.2 Å². The molecule has 0 radical (unpaired) electrons. The maximum atomic E-state index is 12.7. The normalized spacial score (nSPS) is 18.0. The summed E-state index contributed by atoms with van der Waals surface area (Å²) >= 11 is 0. The number of rotatable bonds is 4. The lowest BCUT2D eigenvalue weighted by molar-refractivity contribution is -0.141. The van der Waals surface area contributed by atoms with Crippen LogP contribution in [0.3, 0.4) is 0 Å². The predicted molar refractivity (Wildman–Crippen MR) is 103 cm³/mol. The Morgan fingerprint density at radius 1 is 1.31 bits per heavy atom. The molecule has 26 heavy (non-hydrogen) atoms. The number of nitrogens with one attached hydrogen (secondary N) is 1. The smallest absolute Gasteiger partial charge is 0.243 e. The molecule has 1 aliphatic heterocycles. The zero-order chi connectivity index (χ0) is 19.3. The van der Waals surface area contributed by atoms with E-state index in [9.17, 15) is 9.59 Å². The van der Waals surface area contributed by atoms with Gasteiger partial charge >= 0.3 is 0 Å². The van der Waals surface area contributed by atoms with Crippen molar-refractivity contribution in [1.82, 2.24) is 10.2 Å². The van der Waals surface area contributed by atoms with Crippen molar-refractivity contribution < 1.29 is 9.59 Å². The first-order valence-electron chi connectivity index (χ1n) is 9.09. The highest BCUT2D eigenvalue weighted by molar-refractivity contribution is 5.90. The average molecular weight is 355 g/mol. The molecule has 5 nitrogen and oxygen atoms in total. The van der Waals surface area contributed by atoms with Crippen molar-refractivity contribution in [3.8, 4) is 11.8 Å². The minimum Gasteiger partial charge on any atom is -0.350 e.